The number of aromatic nitrogens is 4. The Morgan fingerprint density at radius 2 is 1.85 bits per heavy atom. The third-order valence-corrected chi connectivity index (χ3v) is 5.60. The summed E-state index contributed by atoms with van der Waals surface area (Å²) in [7, 11) is -1.94. The van der Waals surface area contributed by atoms with Crippen molar-refractivity contribution in [3.8, 4) is 0 Å². The molecule has 0 radical (unpaired) electrons. The second-order valence-corrected chi connectivity index (χ2v) is 7.68. The maximum absolute atomic E-state index is 12.5. The summed E-state index contributed by atoms with van der Waals surface area (Å²) in [6.07, 6.45) is 4.35. The lowest BCUT2D eigenvalue weighted by molar-refractivity contribution is 0.390. The normalized spacial score (nSPS) is 11.4. The van der Waals surface area contributed by atoms with Gasteiger partial charge in [-0.25, -0.2) is 8.42 Å². The van der Waals surface area contributed by atoms with E-state index in [9.17, 15) is 8.42 Å². The first-order valence-electron chi connectivity index (χ1n) is 8.26. The van der Waals surface area contributed by atoms with Crippen molar-refractivity contribution >= 4 is 21.7 Å². The minimum atomic E-state index is -3.84. The van der Waals surface area contributed by atoms with Crippen LogP contribution in [0.3, 0.4) is 0 Å². The maximum Gasteiger partial charge on any atom is 0.268 e. The van der Waals surface area contributed by atoms with Crippen molar-refractivity contribution in [3.63, 3.8) is 0 Å². The summed E-state index contributed by atoms with van der Waals surface area (Å²) in [6.45, 7) is 3.85. The van der Waals surface area contributed by atoms with E-state index in [1.165, 1.54) is 5.56 Å². The van der Waals surface area contributed by atoms with Gasteiger partial charge in [0.2, 0.25) is 0 Å². The van der Waals surface area contributed by atoms with Gasteiger partial charge in [0.05, 0.1) is 0 Å². The third-order valence-electron chi connectivity index (χ3n) is 4.00. The van der Waals surface area contributed by atoms with Gasteiger partial charge in [0.15, 0.2) is 22.3 Å². The highest BCUT2D eigenvalue weighted by Gasteiger charge is 2.24. The largest absolute Gasteiger partial charge is 0.360 e. The van der Waals surface area contributed by atoms with Crippen LogP contribution in [0.25, 0.3) is 0 Å². The Labute approximate surface area is 157 Å². The molecule has 0 fully saturated rings. The predicted octanol–water partition coefficient (Wildman–Crippen LogP) is 1.96. The minimum absolute atomic E-state index is 0.0165. The average molecular weight is 388 g/mol. The lowest BCUT2D eigenvalue weighted by Gasteiger charge is -2.17. The minimum Gasteiger partial charge on any atom is -0.360 e. The predicted molar refractivity (Wildman–Crippen MR) is 100 cm³/mol. The van der Waals surface area contributed by atoms with Crippen LogP contribution >= 0.6 is 0 Å². The highest BCUT2D eigenvalue weighted by atomic mass is 32.2. The highest BCUT2D eigenvalue weighted by Crippen LogP contribution is 2.21. The number of pyridine rings is 1. The van der Waals surface area contributed by atoms with Crippen LogP contribution in [0.4, 0.5) is 11.6 Å². The molecule has 0 aliphatic carbocycles. The fraction of sp³-hybridized carbons (Fsp3) is 0.294. The molecule has 0 atom stereocenters. The number of hydrogen-bond donors (Lipinski definition) is 1. The molecule has 1 N–H and O–H groups in total. The molecule has 0 saturated heterocycles. The Kier molecular flexibility index (Phi) is 5.36. The van der Waals surface area contributed by atoms with Gasteiger partial charge in [-0.1, -0.05) is 5.16 Å². The second kappa shape index (κ2) is 7.70. The zero-order valence-corrected chi connectivity index (χ0v) is 16.1. The highest BCUT2D eigenvalue weighted by molar-refractivity contribution is 7.92. The lowest BCUT2D eigenvalue weighted by Crippen LogP contribution is -2.22. The summed E-state index contributed by atoms with van der Waals surface area (Å²) in [6, 6.07) is 7.21. The smallest absolute Gasteiger partial charge is 0.268 e. The van der Waals surface area contributed by atoms with Crippen LogP contribution in [-0.4, -0.2) is 42.3 Å². The molecule has 0 bridgehead atoms. The van der Waals surface area contributed by atoms with Gasteiger partial charge in [-0.2, -0.15) is 0 Å². The quantitative estimate of drug-likeness (QED) is 0.653. The van der Waals surface area contributed by atoms with E-state index in [0.717, 1.165) is 13.0 Å². The first-order valence-corrected chi connectivity index (χ1v) is 9.74. The summed E-state index contributed by atoms with van der Waals surface area (Å²) < 4.78 is 32.3. The Bertz CT molecular complexity index is 983. The van der Waals surface area contributed by atoms with E-state index in [4.69, 9.17) is 4.52 Å². The molecule has 3 rings (SSSR count). The van der Waals surface area contributed by atoms with E-state index in [-0.39, 0.29) is 16.5 Å². The van der Waals surface area contributed by atoms with Crippen molar-refractivity contribution < 1.29 is 12.9 Å². The standard InChI is InChI=1S/C17H20N6O3S/c1-12-17(13(2)26-21-12)27(24,25)22-15-4-5-16(20-19-15)23(3)11-8-14-6-9-18-10-7-14/h4-7,9-10H,8,11H2,1-3H3,(H,19,22). The first kappa shape index (κ1) is 18.8. The molecule has 0 amide bonds. The number of likely N-dealkylation sites (N-methyl/N-ethyl adjacent to an activating group) is 1. The number of hydrogen-bond acceptors (Lipinski definition) is 8. The number of nitrogens with zero attached hydrogens (tertiary/aromatic N) is 5. The number of nitrogens with one attached hydrogen (secondary N) is 1. The van der Waals surface area contributed by atoms with E-state index >= 15 is 0 Å². The van der Waals surface area contributed by atoms with Crippen molar-refractivity contribution in [2.75, 3.05) is 23.2 Å². The third kappa shape index (κ3) is 4.40. The number of aryl methyl sites for hydroxylation is 2. The van der Waals surface area contributed by atoms with E-state index in [2.05, 4.69) is 25.1 Å². The summed E-state index contributed by atoms with van der Waals surface area (Å²) in [5.41, 5.74) is 1.47. The van der Waals surface area contributed by atoms with Crippen molar-refractivity contribution in [1.82, 2.24) is 20.3 Å². The molecular weight excluding hydrogens is 368 g/mol. The number of sulfonamides is 1. The Hall–Kier alpha value is -3.01. The molecule has 0 spiro atoms. The van der Waals surface area contributed by atoms with Crippen molar-refractivity contribution in [1.29, 1.82) is 0 Å². The molecule has 3 heterocycles. The first-order chi connectivity index (χ1) is 12.9. The number of anilines is 2. The van der Waals surface area contributed by atoms with Crippen LogP contribution in [-0.2, 0) is 16.4 Å². The van der Waals surface area contributed by atoms with Gasteiger partial charge in [0, 0.05) is 26.0 Å². The van der Waals surface area contributed by atoms with Gasteiger partial charge in [-0.05, 0) is 50.1 Å². The van der Waals surface area contributed by atoms with E-state index < -0.39 is 10.0 Å². The van der Waals surface area contributed by atoms with Gasteiger partial charge in [0.1, 0.15) is 5.69 Å². The van der Waals surface area contributed by atoms with Crippen LogP contribution < -0.4 is 9.62 Å². The van der Waals surface area contributed by atoms with E-state index in [1.807, 2.05) is 24.1 Å². The van der Waals surface area contributed by atoms with Gasteiger partial charge in [0.25, 0.3) is 10.0 Å². The molecule has 3 aromatic heterocycles. The van der Waals surface area contributed by atoms with Gasteiger partial charge in [-0.15, -0.1) is 10.2 Å². The van der Waals surface area contributed by atoms with Crippen molar-refractivity contribution in [2.24, 2.45) is 0 Å². The molecule has 10 heteroatoms. The molecular formula is C17H20N6O3S. The zero-order chi connectivity index (χ0) is 19.4. The fourth-order valence-corrected chi connectivity index (χ4v) is 3.92. The number of rotatable bonds is 7. The summed E-state index contributed by atoms with van der Waals surface area (Å²) in [5, 5.41) is 11.7. The SMILES string of the molecule is Cc1noc(C)c1S(=O)(=O)Nc1ccc(N(C)CCc2ccncc2)nn1. The molecule has 0 aliphatic rings. The van der Waals surface area contributed by atoms with Gasteiger partial charge in [-0.3, -0.25) is 9.71 Å². The Balaban J connectivity index is 1.66. The molecule has 27 heavy (non-hydrogen) atoms. The summed E-state index contributed by atoms with van der Waals surface area (Å²) >= 11 is 0. The summed E-state index contributed by atoms with van der Waals surface area (Å²) in [4.78, 5) is 5.96. The molecule has 9 nitrogen and oxygen atoms in total. The Morgan fingerprint density at radius 3 is 2.44 bits per heavy atom. The van der Waals surface area contributed by atoms with Gasteiger partial charge >= 0.3 is 0 Å². The van der Waals surface area contributed by atoms with Crippen LogP contribution in [0, 0.1) is 13.8 Å². The maximum atomic E-state index is 12.5. The van der Waals surface area contributed by atoms with E-state index in [1.54, 1.807) is 38.4 Å². The molecule has 0 saturated carbocycles. The molecule has 0 aliphatic heterocycles. The van der Waals surface area contributed by atoms with Crippen molar-refractivity contribution in [3.05, 3.63) is 53.7 Å². The lowest BCUT2D eigenvalue weighted by atomic mass is 10.2. The van der Waals surface area contributed by atoms with Crippen LogP contribution in [0.2, 0.25) is 0 Å². The van der Waals surface area contributed by atoms with Crippen LogP contribution in [0.1, 0.15) is 17.0 Å². The molecule has 0 aromatic carbocycles. The molecule has 0 unspecified atom stereocenters. The zero-order valence-electron chi connectivity index (χ0n) is 15.2. The molecule has 142 valence electrons. The topological polar surface area (TPSA) is 114 Å². The molecule has 3 aromatic rings. The van der Waals surface area contributed by atoms with Gasteiger partial charge < -0.3 is 9.42 Å². The van der Waals surface area contributed by atoms with Crippen molar-refractivity contribution in [2.45, 2.75) is 25.2 Å². The summed E-state index contributed by atoms with van der Waals surface area (Å²) in [5.74, 6) is 0.992. The van der Waals surface area contributed by atoms with Crippen LogP contribution in [0.5, 0.6) is 0 Å². The fourth-order valence-electron chi connectivity index (χ4n) is 2.59. The monoisotopic (exact) mass is 388 g/mol. The van der Waals surface area contributed by atoms with E-state index in [0.29, 0.717) is 11.5 Å². The van der Waals surface area contributed by atoms with Crippen LogP contribution in [0.15, 0.2) is 46.1 Å². The average Bonchev–Trinajstić information content (AvgIpc) is 3.00. The second-order valence-electron chi connectivity index (χ2n) is 6.06. The Morgan fingerprint density at radius 1 is 1.11 bits per heavy atom.